The monoisotopic (exact) mass is 371 g/mol. The molecule has 0 bridgehead atoms. The van der Waals surface area contributed by atoms with Crippen LogP contribution in [0, 0.1) is 12.7 Å². The molecule has 3 nitrogen and oxygen atoms in total. The van der Waals surface area contributed by atoms with Gasteiger partial charge in [0.05, 0.1) is 0 Å². The Morgan fingerprint density at radius 2 is 1.88 bits per heavy atom. The zero-order valence-corrected chi connectivity index (χ0v) is 15.2. The molecular weight excluding hydrogens is 353 g/mol. The summed E-state index contributed by atoms with van der Waals surface area (Å²) in [5.41, 5.74) is 3.05. The van der Waals surface area contributed by atoms with Gasteiger partial charge in [0.1, 0.15) is 11.4 Å². The van der Waals surface area contributed by atoms with Crippen LogP contribution in [0.4, 0.5) is 4.39 Å². The lowest BCUT2D eigenvalue weighted by Gasteiger charge is -2.23. The fraction of sp³-hybridized carbons (Fsp3) is 0.286. The average molecular weight is 372 g/mol. The van der Waals surface area contributed by atoms with Crippen LogP contribution in [0.5, 0.6) is 0 Å². The second-order valence-electron chi connectivity index (χ2n) is 6.95. The third kappa shape index (κ3) is 3.67. The number of hydrogen-bond donors (Lipinski definition) is 0. The van der Waals surface area contributed by atoms with Crippen LogP contribution < -0.4 is 5.63 Å². The van der Waals surface area contributed by atoms with E-state index in [0.717, 1.165) is 34.9 Å². The molecule has 1 saturated carbocycles. The van der Waals surface area contributed by atoms with Gasteiger partial charge in [-0.05, 0) is 60.7 Å². The van der Waals surface area contributed by atoms with Gasteiger partial charge in [0.2, 0.25) is 0 Å². The Hall–Kier alpha value is -2.17. The first-order valence-electron chi connectivity index (χ1n) is 8.71. The van der Waals surface area contributed by atoms with E-state index in [9.17, 15) is 9.18 Å². The molecule has 0 unspecified atom stereocenters. The lowest BCUT2D eigenvalue weighted by molar-refractivity contribution is 0.246. The summed E-state index contributed by atoms with van der Waals surface area (Å²) in [7, 11) is 0. The first-order chi connectivity index (χ1) is 12.5. The van der Waals surface area contributed by atoms with Gasteiger partial charge in [-0.3, -0.25) is 4.90 Å². The summed E-state index contributed by atoms with van der Waals surface area (Å²) in [6.07, 6.45) is 2.28. The standard InChI is InChI=1S/C21H19ClFNO2/c1-13-8-20-18(10-19(13)22)15(9-21(25)26-20)12-24(17-6-7-17)11-14-2-4-16(23)5-3-14/h2-5,8-10,17H,6-7,11-12H2,1H3. The van der Waals surface area contributed by atoms with Crippen LogP contribution in [0.25, 0.3) is 11.0 Å². The molecule has 2 aromatic carbocycles. The van der Waals surface area contributed by atoms with Crippen LogP contribution in [-0.4, -0.2) is 10.9 Å². The zero-order chi connectivity index (χ0) is 18.3. The summed E-state index contributed by atoms with van der Waals surface area (Å²) in [5.74, 6) is -0.233. The van der Waals surface area contributed by atoms with Crippen molar-refractivity contribution in [2.45, 2.75) is 38.9 Å². The van der Waals surface area contributed by atoms with Gasteiger partial charge < -0.3 is 4.42 Å². The summed E-state index contributed by atoms with van der Waals surface area (Å²) in [6.45, 7) is 3.23. The molecule has 3 aromatic rings. The highest BCUT2D eigenvalue weighted by molar-refractivity contribution is 6.32. The fourth-order valence-corrected chi connectivity index (χ4v) is 3.44. The second-order valence-corrected chi connectivity index (χ2v) is 7.36. The summed E-state index contributed by atoms with van der Waals surface area (Å²) < 4.78 is 18.5. The Morgan fingerprint density at radius 3 is 2.58 bits per heavy atom. The fourth-order valence-electron chi connectivity index (χ4n) is 3.28. The minimum Gasteiger partial charge on any atom is -0.423 e. The van der Waals surface area contributed by atoms with Crippen LogP contribution >= 0.6 is 11.6 Å². The lowest BCUT2D eigenvalue weighted by atomic mass is 10.1. The molecule has 0 amide bonds. The molecule has 4 rings (SSSR count). The average Bonchev–Trinajstić information content (AvgIpc) is 3.43. The van der Waals surface area contributed by atoms with Gasteiger partial charge >= 0.3 is 5.63 Å². The van der Waals surface area contributed by atoms with Crippen molar-refractivity contribution in [1.29, 1.82) is 0 Å². The Bertz CT molecular complexity index is 1010. The van der Waals surface area contributed by atoms with Crippen molar-refractivity contribution in [3.63, 3.8) is 0 Å². The lowest BCUT2D eigenvalue weighted by Crippen LogP contribution is -2.25. The summed E-state index contributed by atoms with van der Waals surface area (Å²) in [6, 6.07) is 12.3. The Kier molecular flexibility index (Phi) is 4.55. The molecule has 0 N–H and O–H groups in total. The number of rotatable bonds is 5. The highest BCUT2D eigenvalue weighted by Crippen LogP contribution is 2.32. The SMILES string of the molecule is Cc1cc2oc(=O)cc(CN(Cc3ccc(F)cc3)C3CC3)c2cc1Cl. The molecule has 26 heavy (non-hydrogen) atoms. The number of benzene rings is 2. The van der Waals surface area contributed by atoms with E-state index in [1.54, 1.807) is 6.07 Å². The molecule has 1 fully saturated rings. The predicted octanol–water partition coefficient (Wildman–Crippen LogP) is 5.06. The second kappa shape index (κ2) is 6.86. The van der Waals surface area contributed by atoms with Gasteiger partial charge in [0.15, 0.2) is 0 Å². The van der Waals surface area contributed by atoms with E-state index in [1.165, 1.54) is 12.1 Å². The molecule has 0 saturated heterocycles. The minimum absolute atomic E-state index is 0.233. The van der Waals surface area contributed by atoms with Crippen molar-refractivity contribution in [2.75, 3.05) is 0 Å². The van der Waals surface area contributed by atoms with E-state index in [2.05, 4.69) is 4.90 Å². The molecule has 1 aliphatic rings. The van der Waals surface area contributed by atoms with Crippen molar-refractivity contribution in [1.82, 2.24) is 4.90 Å². The van der Waals surface area contributed by atoms with Crippen molar-refractivity contribution in [2.24, 2.45) is 0 Å². The maximum atomic E-state index is 13.2. The van der Waals surface area contributed by atoms with Gasteiger partial charge in [-0.25, -0.2) is 9.18 Å². The highest BCUT2D eigenvalue weighted by atomic mass is 35.5. The molecule has 1 aliphatic carbocycles. The smallest absolute Gasteiger partial charge is 0.336 e. The first-order valence-corrected chi connectivity index (χ1v) is 9.09. The molecule has 1 heterocycles. The number of aryl methyl sites for hydroxylation is 1. The van der Waals surface area contributed by atoms with Gasteiger partial charge in [-0.2, -0.15) is 0 Å². The maximum Gasteiger partial charge on any atom is 0.336 e. The van der Waals surface area contributed by atoms with Crippen LogP contribution in [0.2, 0.25) is 5.02 Å². The number of nitrogens with zero attached hydrogens (tertiary/aromatic N) is 1. The van der Waals surface area contributed by atoms with E-state index >= 15 is 0 Å². The Balaban J connectivity index is 1.68. The highest BCUT2D eigenvalue weighted by Gasteiger charge is 2.29. The molecule has 1 aromatic heterocycles. The molecule has 0 spiro atoms. The first kappa shape index (κ1) is 17.3. The maximum absolute atomic E-state index is 13.2. The Labute approximate surface area is 156 Å². The van der Waals surface area contributed by atoms with Crippen molar-refractivity contribution in [3.8, 4) is 0 Å². The largest absolute Gasteiger partial charge is 0.423 e. The molecule has 134 valence electrons. The van der Waals surface area contributed by atoms with Gasteiger partial charge in [-0.1, -0.05) is 23.7 Å². The normalized spacial score (nSPS) is 14.3. The molecular formula is C21H19ClFNO2. The molecule has 0 radical (unpaired) electrons. The molecule has 5 heteroatoms. The van der Waals surface area contributed by atoms with E-state index in [0.29, 0.717) is 29.7 Å². The number of fused-ring (bicyclic) bond motifs is 1. The van der Waals surface area contributed by atoms with Crippen molar-refractivity contribution in [3.05, 3.63) is 80.4 Å². The predicted molar refractivity (Wildman–Crippen MR) is 101 cm³/mol. The van der Waals surface area contributed by atoms with Crippen LogP contribution in [0.3, 0.4) is 0 Å². The quantitative estimate of drug-likeness (QED) is 0.588. The van der Waals surface area contributed by atoms with Crippen LogP contribution in [-0.2, 0) is 13.1 Å². The van der Waals surface area contributed by atoms with E-state index in [-0.39, 0.29) is 11.4 Å². The third-order valence-corrected chi connectivity index (χ3v) is 5.25. The van der Waals surface area contributed by atoms with Gasteiger partial charge in [0, 0.05) is 35.6 Å². The topological polar surface area (TPSA) is 33.5 Å². The van der Waals surface area contributed by atoms with E-state index in [4.69, 9.17) is 16.0 Å². The van der Waals surface area contributed by atoms with Crippen LogP contribution in [0.15, 0.2) is 51.7 Å². The van der Waals surface area contributed by atoms with Crippen LogP contribution in [0.1, 0.15) is 29.5 Å². The van der Waals surface area contributed by atoms with Gasteiger partial charge in [-0.15, -0.1) is 0 Å². The van der Waals surface area contributed by atoms with E-state index in [1.807, 2.05) is 31.2 Å². The number of halogens is 2. The van der Waals surface area contributed by atoms with Crippen molar-refractivity contribution >= 4 is 22.6 Å². The third-order valence-electron chi connectivity index (χ3n) is 4.85. The zero-order valence-electron chi connectivity index (χ0n) is 14.5. The van der Waals surface area contributed by atoms with Gasteiger partial charge in [0.25, 0.3) is 0 Å². The molecule has 0 atom stereocenters. The number of hydrogen-bond acceptors (Lipinski definition) is 3. The van der Waals surface area contributed by atoms with E-state index < -0.39 is 0 Å². The molecule has 0 aliphatic heterocycles. The summed E-state index contributed by atoms with van der Waals surface area (Å²) >= 11 is 6.29. The van der Waals surface area contributed by atoms with Crippen molar-refractivity contribution < 1.29 is 8.81 Å². The summed E-state index contributed by atoms with van der Waals surface area (Å²) in [5, 5.41) is 1.52. The Morgan fingerprint density at radius 1 is 1.15 bits per heavy atom. The minimum atomic E-state index is -0.355. The summed E-state index contributed by atoms with van der Waals surface area (Å²) in [4.78, 5) is 14.3.